The zero-order chi connectivity index (χ0) is 19.9. The minimum Gasteiger partial charge on any atom is -0.497 e. The van der Waals surface area contributed by atoms with Gasteiger partial charge in [0.15, 0.2) is 0 Å². The number of hydrogen-bond acceptors (Lipinski definition) is 5. The first-order valence-electron chi connectivity index (χ1n) is 9.56. The summed E-state index contributed by atoms with van der Waals surface area (Å²) in [6.45, 7) is 6.56. The maximum atomic E-state index is 6.37. The quantitative estimate of drug-likeness (QED) is 0.407. The molecule has 6 nitrogen and oxygen atoms in total. The number of nitrogen functional groups attached to an aromatic ring is 1. The van der Waals surface area contributed by atoms with Crippen molar-refractivity contribution in [2.75, 3.05) is 31.2 Å². The second kappa shape index (κ2) is 9.39. The van der Waals surface area contributed by atoms with Crippen molar-refractivity contribution in [3.63, 3.8) is 0 Å². The molecule has 0 atom stereocenters. The van der Waals surface area contributed by atoms with Crippen LogP contribution in [-0.4, -0.2) is 37.0 Å². The SMILES string of the molecule is C=C/N=C(/Nc1cccc(OC)c1)c1c(N)cccc1CN1CCC(N)CC1. The van der Waals surface area contributed by atoms with Crippen LogP contribution in [0.3, 0.4) is 0 Å². The summed E-state index contributed by atoms with van der Waals surface area (Å²) in [6.07, 6.45) is 3.57. The van der Waals surface area contributed by atoms with Crippen molar-refractivity contribution in [1.82, 2.24) is 4.90 Å². The number of methoxy groups -OCH3 is 1. The van der Waals surface area contributed by atoms with E-state index in [0.29, 0.717) is 17.6 Å². The molecule has 1 heterocycles. The molecule has 0 spiro atoms. The average molecular weight is 380 g/mol. The minimum atomic E-state index is 0.309. The van der Waals surface area contributed by atoms with Gasteiger partial charge in [-0.05, 0) is 49.7 Å². The Hall–Kier alpha value is -2.83. The molecule has 0 radical (unpaired) electrons. The minimum absolute atomic E-state index is 0.309. The van der Waals surface area contributed by atoms with Gasteiger partial charge in [0.05, 0.1) is 7.11 Å². The molecule has 148 valence electrons. The Kier molecular flexibility index (Phi) is 6.68. The molecule has 1 fully saturated rings. The maximum Gasteiger partial charge on any atom is 0.139 e. The van der Waals surface area contributed by atoms with Crippen molar-refractivity contribution in [2.24, 2.45) is 10.7 Å². The van der Waals surface area contributed by atoms with Crippen molar-refractivity contribution in [3.05, 3.63) is 66.4 Å². The van der Waals surface area contributed by atoms with Crippen LogP contribution in [0.4, 0.5) is 11.4 Å². The third-order valence-electron chi connectivity index (χ3n) is 5.00. The summed E-state index contributed by atoms with van der Waals surface area (Å²) < 4.78 is 5.32. The average Bonchev–Trinajstić information content (AvgIpc) is 2.70. The Morgan fingerprint density at radius 2 is 2.04 bits per heavy atom. The van der Waals surface area contributed by atoms with Gasteiger partial charge in [0.1, 0.15) is 11.6 Å². The normalized spacial score (nSPS) is 16.0. The van der Waals surface area contributed by atoms with Gasteiger partial charge in [-0.15, -0.1) is 0 Å². The van der Waals surface area contributed by atoms with Gasteiger partial charge in [-0.25, -0.2) is 4.99 Å². The van der Waals surface area contributed by atoms with Gasteiger partial charge in [-0.3, -0.25) is 4.90 Å². The number of hydrogen-bond donors (Lipinski definition) is 3. The highest BCUT2D eigenvalue weighted by Crippen LogP contribution is 2.24. The molecule has 0 aliphatic carbocycles. The Labute approximate surface area is 166 Å². The molecule has 1 saturated heterocycles. The third kappa shape index (κ3) is 4.91. The van der Waals surface area contributed by atoms with E-state index < -0.39 is 0 Å². The van der Waals surface area contributed by atoms with E-state index in [9.17, 15) is 0 Å². The van der Waals surface area contributed by atoms with Crippen LogP contribution < -0.4 is 21.5 Å². The van der Waals surface area contributed by atoms with E-state index in [2.05, 4.69) is 27.9 Å². The number of piperidine rings is 1. The molecule has 0 saturated carbocycles. The van der Waals surface area contributed by atoms with E-state index >= 15 is 0 Å². The van der Waals surface area contributed by atoms with Crippen LogP contribution >= 0.6 is 0 Å². The van der Waals surface area contributed by atoms with Gasteiger partial charge in [0.2, 0.25) is 0 Å². The Bertz CT molecular complexity index is 841. The first-order chi connectivity index (χ1) is 13.6. The highest BCUT2D eigenvalue weighted by atomic mass is 16.5. The number of benzene rings is 2. The predicted octanol–water partition coefficient (Wildman–Crippen LogP) is 3.20. The highest BCUT2D eigenvalue weighted by Gasteiger charge is 2.20. The predicted molar refractivity (Wildman–Crippen MR) is 117 cm³/mol. The van der Waals surface area contributed by atoms with Crippen molar-refractivity contribution >= 4 is 17.2 Å². The van der Waals surface area contributed by atoms with Crippen LogP contribution in [0.25, 0.3) is 0 Å². The van der Waals surface area contributed by atoms with Gasteiger partial charge in [-0.2, -0.15) is 0 Å². The summed E-state index contributed by atoms with van der Waals surface area (Å²) in [7, 11) is 1.65. The van der Waals surface area contributed by atoms with E-state index in [4.69, 9.17) is 16.2 Å². The molecule has 28 heavy (non-hydrogen) atoms. The van der Waals surface area contributed by atoms with Crippen LogP contribution in [0, 0.1) is 0 Å². The number of nitrogens with zero attached hydrogens (tertiary/aromatic N) is 2. The maximum absolute atomic E-state index is 6.37. The zero-order valence-corrected chi connectivity index (χ0v) is 16.4. The number of nitrogens with one attached hydrogen (secondary N) is 1. The summed E-state index contributed by atoms with van der Waals surface area (Å²) in [5.74, 6) is 1.44. The second-order valence-electron chi connectivity index (χ2n) is 7.01. The number of ether oxygens (including phenoxy) is 1. The molecule has 1 aliphatic rings. The van der Waals surface area contributed by atoms with E-state index in [1.54, 1.807) is 7.11 Å². The first-order valence-corrected chi connectivity index (χ1v) is 9.56. The molecular weight excluding hydrogens is 350 g/mol. The number of nitrogens with two attached hydrogens (primary N) is 2. The van der Waals surface area contributed by atoms with Crippen LogP contribution in [0.5, 0.6) is 5.75 Å². The Morgan fingerprint density at radius 1 is 1.29 bits per heavy atom. The molecular formula is C22H29N5O. The van der Waals surface area contributed by atoms with Crippen molar-refractivity contribution in [1.29, 1.82) is 0 Å². The Morgan fingerprint density at radius 3 is 2.75 bits per heavy atom. The second-order valence-corrected chi connectivity index (χ2v) is 7.01. The number of amidine groups is 1. The van der Waals surface area contributed by atoms with Gasteiger partial charge < -0.3 is 21.5 Å². The van der Waals surface area contributed by atoms with Crippen LogP contribution in [0.2, 0.25) is 0 Å². The van der Waals surface area contributed by atoms with Crippen molar-refractivity contribution < 1.29 is 4.74 Å². The lowest BCUT2D eigenvalue weighted by molar-refractivity contribution is 0.205. The molecule has 0 bridgehead atoms. The van der Waals surface area contributed by atoms with E-state index in [1.807, 2.05) is 36.4 Å². The fraction of sp³-hybridized carbons (Fsp3) is 0.318. The molecule has 2 aromatic rings. The summed E-state index contributed by atoms with van der Waals surface area (Å²) in [5.41, 5.74) is 16.0. The smallest absolute Gasteiger partial charge is 0.139 e. The summed E-state index contributed by atoms with van der Waals surface area (Å²) in [5, 5.41) is 3.38. The molecule has 0 aromatic heterocycles. The Balaban J connectivity index is 1.89. The van der Waals surface area contributed by atoms with Gasteiger partial charge >= 0.3 is 0 Å². The van der Waals surface area contributed by atoms with Crippen LogP contribution in [-0.2, 0) is 6.54 Å². The number of aliphatic imine (C=N–C) groups is 1. The van der Waals surface area contributed by atoms with Gasteiger partial charge in [-0.1, -0.05) is 24.8 Å². The summed E-state index contributed by atoms with van der Waals surface area (Å²) >= 11 is 0. The standard InChI is InChI=1S/C22H29N5O/c1-3-25-22(26-18-7-5-8-19(14-18)28-2)21-16(6-4-9-20(21)24)15-27-12-10-17(23)11-13-27/h3-9,14,17H,1,10-13,15,23-24H2,2H3,(H,25,26). The fourth-order valence-electron chi connectivity index (χ4n) is 3.48. The topological polar surface area (TPSA) is 88.9 Å². The van der Waals surface area contributed by atoms with E-state index in [-0.39, 0.29) is 0 Å². The summed E-state index contributed by atoms with van der Waals surface area (Å²) in [6, 6.07) is 14.0. The molecule has 5 N–H and O–H groups in total. The van der Waals surface area contributed by atoms with E-state index in [0.717, 1.165) is 55.0 Å². The number of likely N-dealkylation sites (tertiary alicyclic amines) is 1. The number of rotatable bonds is 6. The first kappa shape index (κ1) is 19.9. The molecule has 3 rings (SSSR count). The fourth-order valence-corrected chi connectivity index (χ4v) is 3.48. The number of anilines is 2. The lowest BCUT2D eigenvalue weighted by atomic mass is 10.0. The molecule has 1 aliphatic heterocycles. The molecule has 0 unspecified atom stereocenters. The summed E-state index contributed by atoms with van der Waals surface area (Å²) in [4.78, 5) is 6.90. The zero-order valence-electron chi connectivity index (χ0n) is 16.4. The van der Waals surface area contributed by atoms with Gasteiger partial charge in [0, 0.05) is 41.8 Å². The van der Waals surface area contributed by atoms with Crippen molar-refractivity contribution in [3.8, 4) is 5.75 Å². The lowest BCUT2D eigenvalue weighted by Crippen LogP contribution is -2.39. The monoisotopic (exact) mass is 379 g/mol. The molecule has 2 aromatic carbocycles. The highest BCUT2D eigenvalue weighted by molar-refractivity contribution is 6.12. The van der Waals surface area contributed by atoms with Crippen LogP contribution in [0.1, 0.15) is 24.0 Å². The largest absolute Gasteiger partial charge is 0.497 e. The van der Waals surface area contributed by atoms with Crippen molar-refractivity contribution in [2.45, 2.75) is 25.4 Å². The lowest BCUT2D eigenvalue weighted by Gasteiger charge is -2.31. The van der Waals surface area contributed by atoms with E-state index in [1.165, 1.54) is 6.20 Å². The molecule has 6 heteroatoms. The molecule has 0 amide bonds. The third-order valence-corrected chi connectivity index (χ3v) is 5.00. The van der Waals surface area contributed by atoms with Crippen LogP contribution in [0.15, 0.2) is 60.2 Å². The van der Waals surface area contributed by atoms with Gasteiger partial charge in [0.25, 0.3) is 0 Å².